The van der Waals surface area contributed by atoms with Crippen molar-refractivity contribution in [3.8, 4) is 0 Å². The van der Waals surface area contributed by atoms with E-state index in [0.29, 0.717) is 24.0 Å². The van der Waals surface area contributed by atoms with E-state index in [1.807, 2.05) is 12.3 Å². The lowest BCUT2D eigenvalue weighted by molar-refractivity contribution is 0.180. The summed E-state index contributed by atoms with van der Waals surface area (Å²) in [5.74, 6) is 0.259. The first-order valence-corrected chi connectivity index (χ1v) is 9.76. The van der Waals surface area contributed by atoms with Crippen LogP contribution < -0.4 is 0 Å². The number of rotatable bonds is 4. The third kappa shape index (κ3) is 2.64. The topological polar surface area (TPSA) is 40.6 Å². The normalized spacial score (nSPS) is 22.3. The molecule has 1 aromatic heterocycles. The SMILES string of the molecule is Cc1csc(CCl)c1S(=O)(=O)N1CCN(C2CC2)CC1. The molecule has 1 aliphatic heterocycles. The number of piperazine rings is 1. The molecule has 0 N–H and O–H groups in total. The van der Waals surface area contributed by atoms with E-state index in [2.05, 4.69) is 4.90 Å². The smallest absolute Gasteiger partial charge is 0.244 e. The summed E-state index contributed by atoms with van der Waals surface area (Å²) in [7, 11) is -3.39. The molecule has 2 aliphatic rings. The summed E-state index contributed by atoms with van der Waals surface area (Å²) >= 11 is 7.32. The van der Waals surface area contributed by atoms with Crippen molar-refractivity contribution in [1.82, 2.24) is 9.21 Å². The summed E-state index contributed by atoms with van der Waals surface area (Å²) in [5.41, 5.74) is 0.815. The van der Waals surface area contributed by atoms with Gasteiger partial charge in [-0.05, 0) is 30.7 Å². The van der Waals surface area contributed by atoms with E-state index in [4.69, 9.17) is 11.6 Å². The minimum absolute atomic E-state index is 0.259. The Morgan fingerprint density at radius 2 is 1.95 bits per heavy atom. The zero-order chi connectivity index (χ0) is 14.3. The Kier molecular flexibility index (Phi) is 4.12. The van der Waals surface area contributed by atoms with E-state index >= 15 is 0 Å². The summed E-state index contributed by atoms with van der Waals surface area (Å²) in [5, 5.41) is 1.88. The fourth-order valence-corrected chi connectivity index (χ4v) is 6.24. The van der Waals surface area contributed by atoms with Gasteiger partial charge in [-0.2, -0.15) is 4.31 Å². The Labute approximate surface area is 129 Å². The van der Waals surface area contributed by atoms with Crippen LogP contribution in [0.5, 0.6) is 0 Å². The third-order valence-electron chi connectivity index (χ3n) is 4.05. The van der Waals surface area contributed by atoms with Crippen molar-refractivity contribution in [2.75, 3.05) is 26.2 Å². The highest BCUT2D eigenvalue weighted by atomic mass is 35.5. The van der Waals surface area contributed by atoms with Crippen LogP contribution in [0, 0.1) is 6.92 Å². The van der Waals surface area contributed by atoms with Gasteiger partial charge in [0.05, 0.1) is 5.88 Å². The first-order valence-electron chi connectivity index (χ1n) is 6.91. The van der Waals surface area contributed by atoms with Gasteiger partial charge in [-0.25, -0.2) is 8.42 Å². The van der Waals surface area contributed by atoms with Gasteiger partial charge in [-0.3, -0.25) is 4.90 Å². The molecule has 1 saturated heterocycles. The van der Waals surface area contributed by atoms with Crippen LogP contribution in [-0.2, 0) is 15.9 Å². The van der Waals surface area contributed by atoms with Crippen LogP contribution in [0.2, 0.25) is 0 Å². The second-order valence-electron chi connectivity index (χ2n) is 5.48. The highest BCUT2D eigenvalue weighted by Gasteiger charge is 2.36. The summed E-state index contributed by atoms with van der Waals surface area (Å²) in [4.78, 5) is 3.61. The van der Waals surface area contributed by atoms with Gasteiger partial charge in [-0.15, -0.1) is 22.9 Å². The molecule has 7 heteroatoms. The highest BCUT2D eigenvalue weighted by molar-refractivity contribution is 7.89. The molecule has 0 unspecified atom stereocenters. The van der Waals surface area contributed by atoms with Gasteiger partial charge in [0.25, 0.3) is 0 Å². The molecule has 20 heavy (non-hydrogen) atoms. The van der Waals surface area contributed by atoms with Crippen molar-refractivity contribution in [1.29, 1.82) is 0 Å². The fourth-order valence-electron chi connectivity index (χ4n) is 2.80. The van der Waals surface area contributed by atoms with Crippen LogP contribution in [0.1, 0.15) is 23.3 Å². The number of hydrogen-bond donors (Lipinski definition) is 0. The molecule has 4 nitrogen and oxygen atoms in total. The Hall–Kier alpha value is -0.140. The second-order valence-corrected chi connectivity index (χ2v) is 8.58. The molecule has 0 radical (unpaired) electrons. The largest absolute Gasteiger partial charge is 0.298 e. The molecule has 0 amide bonds. The van der Waals surface area contributed by atoms with Crippen molar-refractivity contribution in [3.05, 3.63) is 15.8 Å². The number of aryl methyl sites for hydroxylation is 1. The van der Waals surface area contributed by atoms with Crippen LogP contribution in [-0.4, -0.2) is 49.8 Å². The Bertz CT molecular complexity index is 588. The lowest BCUT2D eigenvalue weighted by atomic mass is 10.3. The van der Waals surface area contributed by atoms with E-state index in [9.17, 15) is 8.42 Å². The van der Waals surface area contributed by atoms with E-state index in [0.717, 1.165) is 23.5 Å². The molecule has 0 bridgehead atoms. The van der Waals surface area contributed by atoms with Crippen molar-refractivity contribution in [3.63, 3.8) is 0 Å². The van der Waals surface area contributed by atoms with E-state index in [1.165, 1.54) is 24.2 Å². The van der Waals surface area contributed by atoms with Crippen molar-refractivity contribution in [2.45, 2.75) is 36.6 Å². The first-order chi connectivity index (χ1) is 9.54. The van der Waals surface area contributed by atoms with E-state index < -0.39 is 10.0 Å². The van der Waals surface area contributed by atoms with E-state index in [1.54, 1.807) is 4.31 Å². The quantitative estimate of drug-likeness (QED) is 0.793. The standard InChI is InChI=1S/C13H19ClN2O2S2/c1-10-9-19-12(8-14)13(10)20(17,18)16-6-4-15(5-7-16)11-2-3-11/h9,11H,2-8H2,1H3. The average molecular weight is 335 g/mol. The van der Waals surface area contributed by atoms with Crippen molar-refractivity contribution < 1.29 is 8.42 Å². The average Bonchev–Trinajstić information content (AvgIpc) is 3.21. The molecule has 1 saturated carbocycles. The zero-order valence-corrected chi connectivity index (χ0v) is 13.9. The molecule has 3 rings (SSSR count). The van der Waals surface area contributed by atoms with Crippen LogP contribution in [0.3, 0.4) is 0 Å². The summed E-state index contributed by atoms with van der Waals surface area (Å²) < 4.78 is 27.2. The maximum Gasteiger partial charge on any atom is 0.244 e. The fraction of sp³-hybridized carbons (Fsp3) is 0.692. The lowest BCUT2D eigenvalue weighted by Gasteiger charge is -2.34. The van der Waals surface area contributed by atoms with Crippen LogP contribution >= 0.6 is 22.9 Å². The molecule has 112 valence electrons. The highest BCUT2D eigenvalue weighted by Crippen LogP contribution is 2.32. The molecular weight excluding hydrogens is 316 g/mol. The number of halogens is 1. The van der Waals surface area contributed by atoms with Crippen molar-refractivity contribution >= 4 is 33.0 Å². The Morgan fingerprint density at radius 1 is 1.30 bits per heavy atom. The number of hydrogen-bond acceptors (Lipinski definition) is 4. The molecule has 0 aromatic carbocycles. The Balaban J connectivity index is 1.79. The summed E-state index contributed by atoms with van der Waals surface area (Å²) in [6.45, 7) is 4.73. The second kappa shape index (κ2) is 5.57. The number of alkyl halides is 1. The van der Waals surface area contributed by atoms with Crippen molar-refractivity contribution in [2.24, 2.45) is 0 Å². The summed E-state index contributed by atoms with van der Waals surface area (Å²) in [6, 6.07) is 0.709. The molecule has 1 aliphatic carbocycles. The van der Waals surface area contributed by atoms with Gasteiger partial charge in [0, 0.05) is 37.1 Å². The maximum atomic E-state index is 12.8. The van der Waals surface area contributed by atoms with Crippen LogP contribution in [0.25, 0.3) is 0 Å². The van der Waals surface area contributed by atoms with Crippen LogP contribution in [0.15, 0.2) is 10.3 Å². The van der Waals surface area contributed by atoms with Crippen LogP contribution in [0.4, 0.5) is 0 Å². The van der Waals surface area contributed by atoms with E-state index in [-0.39, 0.29) is 5.88 Å². The van der Waals surface area contributed by atoms with Gasteiger partial charge >= 0.3 is 0 Å². The first kappa shape index (κ1) is 14.8. The van der Waals surface area contributed by atoms with Gasteiger partial charge in [0.2, 0.25) is 10.0 Å². The number of nitrogens with zero attached hydrogens (tertiary/aromatic N) is 2. The molecule has 2 heterocycles. The minimum atomic E-state index is -3.39. The molecule has 0 atom stereocenters. The zero-order valence-electron chi connectivity index (χ0n) is 11.5. The van der Waals surface area contributed by atoms with Gasteiger partial charge in [-0.1, -0.05) is 0 Å². The third-order valence-corrected chi connectivity index (χ3v) is 7.83. The number of thiophene rings is 1. The summed E-state index contributed by atoms with van der Waals surface area (Å²) in [6.07, 6.45) is 2.54. The Morgan fingerprint density at radius 3 is 2.50 bits per heavy atom. The minimum Gasteiger partial charge on any atom is -0.298 e. The molecule has 1 aromatic rings. The van der Waals surface area contributed by atoms with Gasteiger partial charge in [0.15, 0.2) is 0 Å². The molecule has 0 spiro atoms. The number of sulfonamides is 1. The van der Waals surface area contributed by atoms with Gasteiger partial charge in [0.1, 0.15) is 4.90 Å². The monoisotopic (exact) mass is 334 g/mol. The predicted molar refractivity (Wildman–Crippen MR) is 82.0 cm³/mol. The molecular formula is C13H19ClN2O2S2. The molecule has 2 fully saturated rings. The maximum absolute atomic E-state index is 12.8. The lowest BCUT2D eigenvalue weighted by Crippen LogP contribution is -2.49. The van der Waals surface area contributed by atoms with Gasteiger partial charge < -0.3 is 0 Å². The predicted octanol–water partition coefficient (Wildman–Crippen LogP) is 2.26.